The van der Waals surface area contributed by atoms with Gasteiger partial charge in [0, 0.05) is 49.5 Å². The zero-order valence-corrected chi connectivity index (χ0v) is 18.2. The van der Waals surface area contributed by atoms with Crippen LogP contribution in [0.3, 0.4) is 0 Å². The fraction of sp³-hybridized carbons (Fsp3) is 0.360. The van der Waals surface area contributed by atoms with Crippen molar-refractivity contribution in [3.05, 3.63) is 65.7 Å². The molecule has 1 saturated heterocycles. The molecule has 0 amide bonds. The van der Waals surface area contributed by atoms with Crippen molar-refractivity contribution in [2.45, 2.75) is 38.6 Å². The van der Waals surface area contributed by atoms with E-state index in [1.54, 1.807) is 24.4 Å². The zero-order chi connectivity index (χ0) is 22.1. The molecule has 0 aliphatic carbocycles. The van der Waals surface area contributed by atoms with E-state index < -0.39 is 0 Å². The van der Waals surface area contributed by atoms with Gasteiger partial charge in [0.05, 0.1) is 5.69 Å². The molecule has 0 spiro atoms. The summed E-state index contributed by atoms with van der Waals surface area (Å²) in [6.07, 6.45) is 5.13. The normalized spacial score (nSPS) is 16.3. The number of halogens is 1. The molecular weight excluding hydrogens is 405 g/mol. The lowest BCUT2D eigenvalue weighted by molar-refractivity contribution is 0.0983. The van der Waals surface area contributed by atoms with E-state index in [-0.39, 0.29) is 11.6 Å². The third kappa shape index (κ3) is 3.95. The molecule has 2 aromatic heterocycles. The second kappa shape index (κ2) is 8.65. The standard InChI is InChI=1S/C25H26FN5O/c1-2-24(32)22-6-4-18(16-27-22)21-7-8-25(29-28-21)30-12-10-20(11-13-30)31-14-9-17-3-5-19(26)15-23(17)31/h3-8,15-16,20H,2,9-14H2,1H3. The van der Waals surface area contributed by atoms with Gasteiger partial charge in [0.2, 0.25) is 0 Å². The van der Waals surface area contributed by atoms with E-state index >= 15 is 0 Å². The van der Waals surface area contributed by atoms with E-state index in [4.69, 9.17) is 0 Å². The predicted octanol–water partition coefficient (Wildman–Crippen LogP) is 4.30. The number of pyridine rings is 1. The first-order valence-corrected chi connectivity index (χ1v) is 11.3. The Morgan fingerprint density at radius 3 is 2.59 bits per heavy atom. The number of anilines is 2. The SMILES string of the molecule is CCC(=O)c1ccc(-c2ccc(N3CCC(N4CCc5ccc(F)cc54)CC3)nn2)cn1. The van der Waals surface area contributed by atoms with Crippen LogP contribution in [0.4, 0.5) is 15.9 Å². The molecule has 164 valence electrons. The summed E-state index contributed by atoms with van der Waals surface area (Å²) in [6.45, 7) is 4.59. The molecule has 3 aromatic rings. The maximum atomic E-state index is 13.7. The summed E-state index contributed by atoms with van der Waals surface area (Å²) < 4.78 is 13.7. The Hall–Kier alpha value is -3.35. The Morgan fingerprint density at radius 2 is 1.91 bits per heavy atom. The van der Waals surface area contributed by atoms with Gasteiger partial charge in [-0.25, -0.2) is 4.39 Å². The lowest BCUT2D eigenvalue weighted by atomic mass is 10.0. The Balaban J connectivity index is 1.22. The average molecular weight is 432 g/mol. The Bertz CT molecular complexity index is 1110. The van der Waals surface area contributed by atoms with Gasteiger partial charge in [-0.15, -0.1) is 10.2 Å². The number of hydrogen-bond acceptors (Lipinski definition) is 6. The van der Waals surface area contributed by atoms with Crippen LogP contribution in [0.5, 0.6) is 0 Å². The van der Waals surface area contributed by atoms with Gasteiger partial charge in [-0.2, -0.15) is 0 Å². The van der Waals surface area contributed by atoms with E-state index in [2.05, 4.69) is 25.0 Å². The molecule has 1 fully saturated rings. The van der Waals surface area contributed by atoms with E-state index in [1.807, 2.05) is 31.2 Å². The van der Waals surface area contributed by atoms with Crippen molar-refractivity contribution in [1.82, 2.24) is 15.2 Å². The Labute approximate surface area is 187 Å². The van der Waals surface area contributed by atoms with Crippen LogP contribution in [0.15, 0.2) is 48.7 Å². The summed E-state index contributed by atoms with van der Waals surface area (Å²) in [5.41, 5.74) is 4.37. The van der Waals surface area contributed by atoms with Gasteiger partial charge in [0.25, 0.3) is 0 Å². The number of fused-ring (bicyclic) bond motifs is 1. The van der Waals surface area contributed by atoms with Gasteiger partial charge in [0.15, 0.2) is 11.6 Å². The molecule has 32 heavy (non-hydrogen) atoms. The molecule has 0 bridgehead atoms. The maximum Gasteiger partial charge on any atom is 0.180 e. The van der Waals surface area contributed by atoms with Crippen molar-refractivity contribution in [3.63, 3.8) is 0 Å². The fourth-order valence-electron chi connectivity index (χ4n) is 4.70. The minimum absolute atomic E-state index is 0.0314. The minimum Gasteiger partial charge on any atom is -0.368 e. The lowest BCUT2D eigenvalue weighted by Crippen LogP contribution is -2.44. The quantitative estimate of drug-likeness (QED) is 0.562. The van der Waals surface area contributed by atoms with Crippen molar-refractivity contribution in [3.8, 4) is 11.3 Å². The lowest BCUT2D eigenvalue weighted by Gasteiger charge is -2.38. The first-order valence-electron chi connectivity index (χ1n) is 11.3. The number of piperidine rings is 1. The van der Waals surface area contributed by atoms with E-state index in [9.17, 15) is 9.18 Å². The summed E-state index contributed by atoms with van der Waals surface area (Å²) in [7, 11) is 0. The molecule has 2 aliphatic rings. The van der Waals surface area contributed by atoms with Crippen molar-refractivity contribution < 1.29 is 9.18 Å². The number of ketones is 1. The molecule has 0 unspecified atom stereocenters. The highest BCUT2D eigenvalue weighted by Crippen LogP contribution is 2.33. The highest BCUT2D eigenvalue weighted by molar-refractivity contribution is 5.94. The first-order chi connectivity index (χ1) is 15.6. The molecule has 1 aromatic carbocycles. The number of benzene rings is 1. The first kappa shape index (κ1) is 20.5. The maximum absolute atomic E-state index is 13.7. The Morgan fingerprint density at radius 1 is 1.06 bits per heavy atom. The highest BCUT2D eigenvalue weighted by Gasteiger charge is 2.30. The van der Waals surface area contributed by atoms with E-state index in [0.29, 0.717) is 18.2 Å². The van der Waals surface area contributed by atoms with Crippen molar-refractivity contribution in [2.75, 3.05) is 29.4 Å². The molecular formula is C25H26FN5O. The zero-order valence-electron chi connectivity index (χ0n) is 18.2. The van der Waals surface area contributed by atoms with Gasteiger partial charge < -0.3 is 9.80 Å². The van der Waals surface area contributed by atoms with Crippen molar-refractivity contribution >= 4 is 17.3 Å². The monoisotopic (exact) mass is 431 g/mol. The van der Waals surface area contributed by atoms with Crippen LogP contribution < -0.4 is 9.80 Å². The summed E-state index contributed by atoms with van der Waals surface area (Å²) in [5, 5.41) is 8.83. The third-order valence-corrected chi connectivity index (χ3v) is 6.52. The number of aromatic nitrogens is 3. The topological polar surface area (TPSA) is 62.2 Å². The molecule has 2 aliphatic heterocycles. The molecule has 0 radical (unpaired) electrons. The highest BCUT2D eigenvalue weighted by atomic mass is 19.1. The number of rotatable bonds is 5. The minimum atomic E-state index is -0.162. The predicted molar refractivity (Wildman–Crippen MR) is 123 cm³/mol. The van der Waals surface area contributed by atoms with Crippen LogP contribution in [0.1, 0.15) is 42.2 Å². The number of carbonyl (C=O) groups is 1. The Kier molecular flexibility index (Phi) is 5.55. The van der Waals surface area contributed by atoms with Gasteiger partial charge >= 0.3 is 0 Å². The second-order valence-electron chi connectivity index (χ2n) is 8.42. The van der Waals surface area contributed by atoms with Crippen LogP contribution in [0, 0.1) is 5.82 Å². The smallest absolute Gasteiger partial charge is 0.180 e. The third-order valence-electron chi connectivity index (χ3n) is 6.52. The summed E-state index contributed by atoms with van der Waals surface area (Å²) in [6, 6.07) is 13.1. The number of nitrogens with zero attached hydrogens (tertiary/aromatic N) is 5. The number of hydrogen-bond donors (Lipinski definition) is 0. The van der Waals surface area contributed by atoms with Crippen LogP contribution in [0.25, 0.3) is 11.3 Å². The number of Topliss-reactive ketones (excluding diaryl/α,β-unsaturated/α-hetero) is 1. The largest absolute Gasteiger partial charge is 0.368 e. The molecule has 6 nitrogen and oxygen atoms in total. The van der Waals surface area contributed by atoms with Crippen LogP contribution in [0.2, 0.25) is 0 Å². The molecule has 0 atom stereocenters. The summed E-state index contributed by atoms with van der Waals surface area (Å²) >= 11 is 0. The van der Waals surface area contributed by atoms with Gasteiger partial charge in [-0.05, 0) is 61.2 Å². The van der Waals surface area contributed by atoms with E-state index in [0.717, 1.165) is 61.7 Å². The number of carbonyl (C=O) groups excluding carboxylic acids is 1. The van der Waals surface area contributed by atoms with Crippen LogP contribution in [-0.2, 0) is 6.42 Å². The summed E-state index contributed by atoms with van der Waals surface area (Å²) in [5.74, 6) is 0.736. The van der Waals surface area contributed by atoms with Crippen LogP contribution in [-0.4, -0.2) is 46.6 Å². The summed E-state index contributed by atoms with van der Waals surface area (Å²) in [4.78, 5) is 20.6. The second-order valence-corrected chi connectivity index (χ2v) is 8.42. The fourth-order valence-corrected chi connectivity index (χ4v) is 4.70. The van der Waals surface area contributed by atoms with Gasteiger partial charge in [-0.1, -0.05) is 13.0 Å². The van der Waals surface area contributed by atoms with E-state index in [1.165, 1.54) is 5.56 Å². The molecule has 0 saturated carbocycles. The van der Waals surface area contributed by atoms with Gasteiger partial charge in [0.1, 0.15) is 11.5 Å². The molecule has 0 N–H and O–H groups in total. The van der Waals surface area contributed by atoms with Crippen molar-refractivity contribution in [2.24, 2.45) is 0 Å². The molecule has 5 rings (SSSR count). The van der Waals surface area contributed by atoms with Crippen molar-refractivity contribution in [1.29, 1.82) is 0 Å². The molecule has 7 heteroatoms. The van der Waals surface area contributed by atoms with Crippen LogP contribution >= 0.6 is 0 Å². The average Bonchev–Trinajstić information content (AvgIpc) is 3.27. The molecule has 4 heterocycles. The van der Waals surface area contributed by atoms with Gasteiger partial charge in [-0.3, -0.25) is 9.78 Å².